The molecule has 0 aromatic carbocycles. The summed E-state index contributed by atoms with van der Waals surface area (Å²) in [4.78, 5) is 10.9. The molecule has 1 saturated heterocycles. The predicted octanol–water partition coefficient (Wildman–Crippen LogP) is 2.57. The van der Waals surface area contributed by atoms with Gasteiger partial charge in [-0.2, -0.15) is 11.8 Å². The Morgan fingerprint density at radius 1 is 1.33 bits per heavy atom. The van der Waals surface area contributed by atoms with E-state index in [4.69, 9.17) is 0 Å². The van der Waals surface area contributed by atoms with Gasteiger partial charge in [-0.15, -0.1) is 0 Å². The third-order valence-corrected chi connectivity index (χ3v) is 4.21. The first-order valence-corrected chi connectivity index (χ1v) is 7.13. The largest absolute Gasteiger partial charge is 0.341 e. The van der Waals surface area contributed by atoms with Gasteiger partial charge in [-0.3, -0.25) is 0 Å². The molecule has 0 N–H and O–H groups in total. The molecule has 0 atom stereocenters. The standard InChI is InChI=1S/C10H14BrN3S/c1-15-9-2-4-14(5-3-9)10-12-6-8(11)7-13-10/h6-7,9H,2-5H2,1H3. The number of nitrogens with zero attached hydrogens (tertiary/aromatic N) is 3. The van der Waals surface area contributed by atoms with Gasteiger partial charge in [-0.05, 0) is 35.0 Å². The molecule has 1 aromatic rings. The molecule has 1 aromatic heterocycles. The highest BCUT2D eigenvalue weighted by Crippen LogP contribution is 2.23. The van der Waals surface area contributed by atoms with Crippen LogP contribution in [-0.4, -0.2) is 34.6 Å². The van der Waals surface area contributed by atoms with Gasteiger partial charge in [0.15, 0.2) is 0 Å². The summed E-state index contributed by atoms with van der Waals surface area (Å²) in [5, 5.41) is 0.816. The van der Waals surface area contributed by atoms with Gasteiger partial charge in [0, 0.05) is 30.7 Å². The first kappa shape index (κ1) is 11.2. The van der Waals surface area contributed by atoms with Crippen molar-refractivity contribution in [2.75, 3.05) is 24.2 Å². The zero-order valence-corrected chi connectivity index (χ0v) is 11.1. The van der Waals surface area contributed by atoms with E-state index >= 15 is 0 Å². The summed E-state index contributed by atoms with van der Waals surface area (Å²) in [6, 6.07) is 0. The summed E-state index contributed by atoms with van der Waals surface area (Å²) >= 11 is 5.31. The summed E-state index contributed by atoms with van der Waals surface area (Å²) in [6.07, 6.45) is 8.28. The predicted molar refractivity (Wildman–Crippen MR) is 68.5 cm³/mol. The number of piperidine rings is 1. The Hall–Kier alpha value is -0.290. The lowest BCUT2D eigenvalue weighted by molar-refractivity contribution is 0.581. The fourth-order valence-electron chi connectivity index (χ4n) is 1.76. The molecule has 0 bridgehead atoms. The molecule has 5 heteroatoms. The van der Waals surface area contributed by atoms with Crippen LogP contribution in [-0.2, 0) is 0 Å². The van der Waals surface area contributed by atoms with Crippen LogP contribution in [0.25, 0.3) is 0 Å². The third kappa shape index (κ3) is 2.84. The van der Waals surface area contributed by atoms with Crippen molar-refractivity contribution in [1.82, 2.24) is 9.97 Å². The van der Waals surface area contributed by atoms with E-state index < -0.39 is 0 Å². The van der Waals surface area contributed by atoms with E-state index in [9.17, 15) is 0 Å². The average Bonchev–Trinajstić information content (AvgIpc) is 2.30. The van der Waals surface area contributed by atoms with Crippen molar-refractivity contribution in [2.24, 2.45) is 0 Å². The van der Waals surface area contributed by atoms with Crippen molar-refractivity contribution in [2.45, 2.75) is 18.1 Å². The smallest absolute Gasteiger partial charge is 0.225 e. The molecule has 0 unspecified atom stereocenters. The topological polar surface area (TPSA) is 29.0 Å². The number of halogens is 1. The van der Waals surface area contributed by atoms with Gasteiger partial charge in [0.05, 0.1) is 4.47 Å². The van der Waals surface area contributed by atoms with Gasteiger partial charge in [0.25, 0.3) is 0 Å². The van der Waals surface area contributed by atoms with Crippen LogP contribution in [0, 0.1) is 0 Å². The molecule has 2 rings (SSSR count). The molecule has 1 fully saturated rings. The van der Waals surface area contributed by atoms with Crippen molar-refractivity contribution < 1.29 is 0 Å². The Labute approximate surface area is 103 Å². The van der Waals surface area contributed by atoms with E-state index in [-0.39, 0.29) is 0 Å². The van der Waals surface area contributed by atoms with Gasteiger partial charge in [0.1, 0.15) is 0 Å². The molecule has 15 heavy (non-hydrogen) atoms. The molecule has 3 nitrogen and oxygen atoms in total. The minimum Gasteiger partial charge on any atom is -0.341 e. The molecule has 2 heterocycles. The van der Waals surface area contributed by atoms with E-state index in [1.807, 2.05) is 24.2 Å². The number of hydrogen-bond acceptors (Lipinski definition) is 4. The second kappa shape index (κ2) is 5.16. The fraction of sp³-hybridized carbons (Fsp3) is 0.600. The average molecular weight is 288 g/mol. The Kier molecular flexibility index (Phi) is 3.86. The monoisotopic (exact) mass is 287 g/mol. The van der Waals surface area contributed by atoms with Crippen LogP contribution in [0.2, 0.25) is 0 Å². The maximum atomic E-state index is 4.31. The highest BCUT2D eigenvalue weighted by Gasteiger charge is 2.19. The van der Waals surface area contributed by atoms with Crippen molar-refractivity contribution in [3.63, 3.8) is 0 Å². The molecule has 1 aliphatic rings. The van der Waals surface area contributed by atoms with Crippen LogP contribution in [0.3, 0.4) is 0 Å². The SMILES string of the molecule is CSC1CCN(c2ncc(Br)cn2)CC1. The Balaban J connectivity index is 1.98. The fourth-order valence-corrected chi connectivity index (χ4v) is 2.65. The van der Waals surface area contributed by atoms with E-state index in [2.05, 4.69) is 37.1 Å². The number of hydrogen-bond donors (Lipinski definition) is 0. The first-order valence-electron chi connectivity index (χ1n) is 5.05. The van der Waals surface area contributed by atoms with Crippen LogP contribution >= 0.6 is 27.7 Å². The van der Waals surface area contributed by atoms with E-state index in [0.29, 0.717) is 0 Å². The molecule has 0 saturated carbocycles. The normalized spacial score (nSPS) is 18.1. The molecule has 0 radical (unpaired) electrons. The van der Waals surface area contributed by atoms with Crippen LogP contribution in [0.4, 0.5) is 5.95 Å². The molecular weight excluding hydrogens is 274 g/mol. The van der Waals surface area contributed by atoms with Crippen LogP contribution in [0.5, 0.6) is 0 Å². The third-order valence-electron chi connectivity index (χ3n) is 2.66. The molecule has 0 aliphatic carbocycles. The molecule has 0 amide bonds. The highest BCUT2D eigenvalue weighted by atomic mass is 79.9. The van der Waals surface area contributed by atoms with Crippen molar-refractivity contribution >= 4 is 33.6 Å². The zero-order chi connectivity index (χ0) is 10.7. The lowest BCUT2D eigenvalue weighted by Crippen LogP contribution is -2.35. The number of rotatable bonds is 2. The molecule has 0 spiro atoms. The minimum atomic E-state index is 0.816. The van der Waals surface area contributed by atoms with Crippen molar-refractivity contribution in [3.05, 3.63) is 16.9 Å². The van der Waals surface area contributed by atoms with Crippen LogP contribution in [0.1, 0.15) is 12.8 Å². The zero-order valence-electron chi connectivity index (χ0n) is 8.69. The van der Waals surface area contributed by atoms with Gasteiger partial charge < -0.3 is 4.90 Å². The minimum absolute atomic E-state index is 0.816. The van der Waals surface area contributed by atoms with Crippen molar-refractivity contribution in [1.29, 1.82) is 0 Å². The lowest BCUT2D eigenvalue weighted by Gasteiger charge is -2.30. The number of thioether (sulfide) groups is 1. The van der Waals surface area contributed by atoms with Crippen LogP contribution < -0.4 is 4.90 Å². The van der Waals surface area contributed by atoms with Gasteiger partial charge in [0.2, 0.25) is 5.95 Å². The summed E-state index contributed by atoms with van der Waals surface area (Å²) in [6.45, 7) is 2.15. The lowest BCUT2D eigenvalue weighted by atomic mass is 10.1. The van der Waals surface area contributed by atoms with Gasteiger partial charge >= 0.3 is 0 Å². The number of anilines is 1. The van der Waals surface area contributed by atoms with Crippen molar-refractivity contribution in [3.8, 4) is 0 Å². The quantitative estimate of drug-likeness (QED) is 0.836. The second-order valence-corrected chi connectivity index (χ2v) is 5.68. The Bertz CT molecular complexity index is 309. The summed E-state index contributed by atoms with van der Waals surface area (Å²) in [5.74, 6) is 0.859. The maximum Gasteiger partial charge on any atom is 0.225 e. The van der Waals surface area contributed by atoms with Crippen LogP contribution in [0.15, 0.2) is 16.9 Å². The summed E-state index contributed by atoms with van der Waals surface area (Å²) < 4.78 is 0.935. The molecule has 1 aliphatic heterocycles. The maximum absolute atomic E-state index is 4.31. The van der Waals surface area contributed by atoms with E-state index in [0.717, 1.165) is 28.8 Å². The van der Waals surface area contributed by atoms with Gasteiger partial charge in [-0.25, -0.2) is 9.97 Å². The highest BCUT2D eigenvalue weighted by molar-refractivity contribution is 9.10. The second-order valence-electron chi connectivity index (χ2n) is 3.62. The summed E-state index contributed by atoms with van der Waals surface area (Å²) in [7, 11) is 0. The first-order chi connectivity index (χ1) is 7.29. The number of aromatic nitrogens is 2. The van der Waals surface area contributed by atoms with E-state index in [1.54, 1.807) is 0 Å². The molecule has 82 valence electrons. The van der Waals surface area contributed by atoms with E-state index in [1.165, 1.54) is 12.8 Å². The Morgan fingerprint density at radius 3 is 2.47 bits per heavy atom. The van der Waals surface area contributed by atoms with Gasteiger partial charge in [-0.1, -0.05) is 0 Å². The Morgan fingerprint density at radius 2 is 1.93 bits per heavy atom. The molecular formula is C10H14BrN3S. The summed E-state index contributed by atoms with van der Waals surface area (Å²) in [5.41, 5.74) is 0.